The molecule has 3 aromatic rings. The number of anilines is 1. The third kappa shape index (κ3) is 6.11. The van der Waals surface area contributed by atoms with Gasteiger partial charge in [-0.05, 0) is 64.0 Å². The Balaban J connectivity index is 1.74. The Labute approximate surface area is 199 Å². The lowest BCUT2D eigenvalue weighted by Crippen LogP contribution is -2.21. The molecule has 2 amide bonds. The first-order valence-corrected chi connectivity index (χ1v) is 10.5. The Morgan fingerprint density at radius 2 is 1.58 bits per heavy atom. The van der Waals surface area contributed by atoms with Crippen molar-refractivity contribution >= 4 is 39.6 Å². The van der Waals surface area contributed by atoms with E-state index in [1.165, 1.54) is 20.4 Å². The number of hydrogen-bond donors (Lipinski definition) is 2. The maximum absolute atomic E-state index is 12.8. The molecule has 0 aliphatic carbocycles. The number of carbonyl (C=O) groups excluding carboxylic acids is 2. The molecular weight excluding hydrogens is 490 g/mol. The van der Waals surface area contributed by atoms with E-state index in [4.69, 9.17) is 14.2 Å². The van der Waals surface area contributed by atoms with Gasteiger partial charge in [-0.3, -0.25) is 9.59 Å². The number of hydrogen-bond acceptors (Lipinski definition) is 6. The SMILES string of the molecule is COc1cc(OC)cc(C(=O)Nc2ccccc2C(=O)N/N=C/c2ccc(OC)c(Br)c2)c1. The highest BCUT2D eigenvalue weighted by Crippen LogP contribution is 2.25. The molecule has 8 nitrogen and oxygen atoms in total. The van der Waals surface area contributed by atoms with Crippen LogP contribution in [0.1, 0.15) is 26.3 Å². The summed E-state index contributed by atoms with van der Waals surface area (Å²) in [6.45, 7) is 0. The monoisotopic (exact) mass is 511 g/mol. The molecule has 33 heavy (non-hydrogen) atoms. The molecule has 0 aliphatic rings. The van der Waals surface area contributed by atoms with Gasteiger partial charge in [-0.2, -0.15) is 5.10 Å². The van der Waals surface area contributed by atoms with E-state index in [2.05, 4.69) is 31.8 Å². The van der Waals surface area contributed by atoms with Gasteiger partial charge in [0, 0.05) is 11.6 Å². The molecule has 0 aliphatic heterocycles. The van der Waals surface area contributed by atoms with E-state index in [1.807, 2.05) is 6.07 Å². The van der Waals surface area contributed by atoms with Crippen LogP contribution in [0.2, 0.25) is 0 Å². The number of benzene rings is 3. The quantitative estimate of drug-likeness (QED) is 0.343. The second-order valence-corrected chi connectivity index (χ2v) is 7.55. The number of amides is 2. The van der Waals surface area contributed by atoms with Crippen LogP contribution in [0.15, 0.2) is 70.2 Å². The summed E-state index contributed by atoms with van der Waals surface area (Å²) in [5.41, 5.74) is 4.16. The first-order chi connectivity index (χ1) is 15.9. The lowest BCUT2D eigenvalue weighted by atomic mass is 10.1. The van der Waals surface area contributed by atoms with Crippen molar-refractivity contribution < 1.29 is 23.8 Å². The van der Waals surface area contributed by atoms with Crippen LogP contribution in [-0.2, 0) is 0 Å². The normalized spacial score (nSPS) is 10.5. The van der Waals surface area contributed by atoms with E-state index in [1.54, 1.807) is 61.7 Å². The fourth-order valence-electron chi connectivity index (χ4n) is 2.91. The molecule has 170 valence electrons. The molecule has 0 heterocycles. The summed E-state index contributed by atoms with van der Waals surface area (Å²) < 4.78 is 16.4. The van der Waals surface area contributed by atoms with Crippen molar-refractivity contribution in [2.45, 2.75) is 0 Å². The largest absolute Gasteiger partial charge is 0.497 e. The van der Waals surface area contributed by atoms with E-state index in [0.717, 1.165) is 10.0 Å². The molecule has 0 aromatic heterocycles. The van der Waals surface area contributed by atoms with E-state index in [0.29, 0.717) is 28.5 Å². The predicted octanol–water partition coefficient (Wildman–Crippen LogP) is 4.49. The standard InChI is InChI=1S/C24H22BrN3O5/c1-31-17-11-16(12-18(13-17)32-2)23(29)27-21-7-5-4-6-19(21)24(30)28-26-14-15-8-9-22(33-3)20(25)10-15/h4-14H,1-3H3,(H,27,29)(H,28,30)/b26-14+. The summed E-state index contributed by atoms with van der Waals surface area (Å²) in [5.74, 6) is 0.751. The molecule has 2 N–H and O–H groups in total. The number of halogens is 1. The highest BCUT2D eigenvalue weighted by atomic mass is 79.9. The minimum absolute atomic E-state index is 0.258. The summed E-state index contributed by atoms with van der Waals surface area (Å²) in [4.78, 5) is 25.5. The van der Waals surface area contributed by atoms with Crippen molar-refractivity contribution in [3.8, 4) is 17.2 Å². The zero-order valence-electron chi connectivity index (χ0n) is 18.2. The Kier molecular flexibility index (Phi) is 8.04. The predicted molar refractivity (Wildman–Crippen MR) is 130 cm³/mol. The molecule has 3 rings (SSSR count). The van der Waals surface area contributed by atoms with Crippen molar-refractivity contribution in [3.63, 3.8) is 0 Å². The van der Waals surface area contributed by atoms with Gasteiger partial charge in [0.2, 0.25) is 0 Å². The van der Waals surface area contributed by atoms with Gasteiger partial charge in [0.05, 0.1) is 43.3 Å². The number of para-hydroxylation sites is 1. The molecule has 0 bridgehead atoms. The maximum atomic E-state index is 12.8. The van der Waals surface area contributed by atoms with Crippen LogP contribution < -0.4 is 25.0 Å². The first-order valence-electron chi connectivity index (χ1n) is 9.75. The lowest BCUT2D eigenvalue weighted by molar-refractivity contribution is 0.0956. The van der Waals surface area contributed by atoms with Gasteiger partial charge < -0.3 is 19.5 Å². The fraction of sp³-hybridized carbons (Fsp3) is 0.125. The van der Waals surface area contributed by atoms with Crippen LogP contribution in [0.25, 0.3) is 0 Å². The number of carbonyl (C=O) groups is 2. The van der Waals surface area contributed by atoms with Crippen molar-refractivity contribution in [3.05, 3.63) is 81.8 Å². The fourth-order valence-corrected chi connectivity index (χ4v) is 3.47. The minimum atomic E-state index is -0.474. The number of rotatable bonds is 8. The van der Waals surface area contributed by atoms with Crippen LogP contribution in [0.4, 0.5) is 5.69 Å². The molecule has 0 spiro atoms. The van der Waals surface area contributed by atoms with Gasteiger partial charge in [-0.1, -0.05) is 12.1 Å². The molecule has 0 fully saturated rings. The van der Waals surface area contributed by atoms with Crippen LogP contribution in [-0.4, -0.2) is 39.4 Å². The van der Waals surface area contributed by atoms with Crippen LogP contribution >= 0.6 is 15.9 Å². The average molecular weight is 512 g/mol. The van der Waals surface area contributed by atoms with Crippen molar-refractivity contribution in [1.29, 1.82) is 0 Å². The van der Waals surface area contributed by atoms with E-state index >= 15 is 0 Å². The zero-order chi connectivity index (χ0) is 23.8. The van der Waals surface area contributed by atoms with Crippen LogP contribution in [0.3, 0.4) is 0 Å². The third-order valence-electron chi connectivity index (χ3n) is 4.59. The van der Waals surface area contributed by atoms with Crippen LogP contribution in [0, 0.1) is 0 Å². The Morgan fingerprint density at radius 1 is 0.879 bits per heavy atom. The van der Waals surface area contributed by atoms with E-state index < -0.39 is 11.8 Å². The summed E-state index contributed by atoms with van der Waals surface area (Å²) >= 11 is 3.40. The Bertz CT molecular complexity index is 1170. The molecule has 0 radical (unpaired) electrons. The van der Waals surface area contributed by atoms with E-state index in [9.17, 15) is 9.59 Å². The van der Waals surface area contributed by atoms with Crippen LogP contribution in [0.5, 0.6) is 17.2 Å². The molecule has 0 saturated carbocycles. The van der Waals surface area contributed by atoms with E-state index in [-0.39, 0.29) is 5.56 Å². The molecule has 9 heteroatoms. The zero-order valence-corrected chi connectivity index (χ0v) is 19.8. The Hall–Kier alpha value is -3.85. The third-order valence-corrected chi connectivity index (χ3v) is 5.21. The summed E-state index contributed by atoms with van der Waals surface area (Å²) in [6.07, 6.45) is 1.51. The summed E-state index contributed by atoms with van der Waals surface area (Å²) in [7, 11) is 4.58. The number of ether oxygens (including phenoxy) is 3. The number of nitrogens with one attached hydrogen (secondary N) is 2. The smallest absolute Gasteiger partial charge is 0.273 e. The summed E-state index contributed by atoms with van der Waals surface area (Å²) in [6, 6.07) is 16.9. The van der Waals surface area contributed by atoms with Crippen molar-refractivity contribution in [2.75, 3.05) is 26.6 Å². The number of hydrazone groups is 1. The second kappa shape index (κ2) is 11.1. The maximum Gasteiger partial charge on any atom is 0.273 e. The molecular formula is C24H22BrN3O5. The van der Waals surface area contributed by atoms with Gasteiger partial charge in [-0.25, -0.2) is 5.43 Å². The highest BCUT2D eigenvalue weighted by molar-refractivity contribution is 9.10. The number of methoxy groups -OCH3 is 3. The Morgan fingerprint density at radius 3 is 2.21 bits per heavy atom. The van der Waals surface area contributed by atoms with Crippen molar-refractivity contribution in [2.24, 2.45) is 5.10 Å². The minimum Gasteiger partial charge on any atom is -0.497 e. The summed E-state index contributed by atoms with van der Waals surface area (Å²) in [5, 5.41) is 6.76. The molecule has 0 saturated heterocycles. The van der Waals surface area contributed by atoms with Gasteiger partial charge in [0.25, 0.3) is 11.8 Å². The molecule has 0 unspecified atom stereocenters. The van der Waals surface area contributed by atoms with Gasteiger partial charge in [0.1, 0.15) is 17.2 Å². The number of nitrogens with zero attached hydrogens (tertiary/aromatic N) is 1. The second-order valence-electron chi connectivity index (χ2n) is 6.69. The highest BCUT2D eigenvalue weighted by Gasteiger charge is 2.15. The van der Waals surface area contributed by atoms with Gasteiger partial charge in [-0.15, -0.1) is 0 Å². The lowest BCUT2D eigenvalue weighted by Gasteiger charge is -2.12. The van der Waals surface area contributed by atoms with Crippen molar-refractivity contribution in [1.82, 2.24) is 5.43 Å². The first kappa shape index (κ1) is 23.8. The van der Waals surface area contributed by atoms with Gasteiger partial charge >= 0.3 is 0 Å². The molecule has 0 atom stereocenters. The average Bonchev–Trinajstić information content (AvgIpc) is 2.84. The topological polar surface area (TPSA) is 98.2 Å². The van der Waals surface area contributed by atoms with Gasteiger partial charge in [0.15, 0.2) is 0 Å². The molecule has 3 aromatic carbocycles.